The van der Waals surface area contributed by atoms with E-state index in [0.717, 1.165) is 12.0 Å². The van der Waals surface area contributed by atoms with Crippen LogP contribution in [-0.4, -0.2) is 34.3 Å². The van der Waals surface area contributed by atoms with Gasteiger partial charge >= 0.3 is 0 Å². The fourth-order valence-corrected chi connectivity index (χ4v) is 3.47. The molecule has 0 saturated carbocycles. The first kappa shape index (κ1) is 22.4. The number of anilines is 1. The van der Waals surface area contributed by atoms with Crippen molar-refractivity contribution in [2.75, 3.05) is 17.6 Å². The molecule has 0 aromatic heterocycles. The zero-order valence-corrected chi connectivity index (χ0v) is 17.3. The Hall–Kier alpha value is -2.85. The summed E-state index contributed by atoms with van der Waals surface area (Å²) < 4.78 is 12.9. The second-order valence-electron chi connectivity index (χ2n) is 6.58. The number of hydrogen-bond donors (Lipinski definition) is 1. The number of thioether (sulfide) groups is 1. The fourth-order valence-electron chi connectivity index (χ4n) is 2.70. The van der Waals surface area contributed by atoms with Gasteiger partial charge in [-0.05, 0) is 55.3 Å². The van der Waals surface area contributed by atoms with Crippen molar-refractivity contribution in [3.8, 4) is 6.07 Å². The number of halogens is 1. The van der Waals surface area contributed by atoms with Gasteiger partial charge in [-0.15, -0.1) is 11.8 Å². The van der Waals surface area contributed by atoms with Crippen LogP contribution in [0.2, 0.25) is 0 Å². The maximum Gasteiger partial charge on any atom is 0.235 e. The highest BCUT2D eigenvalue weighted by Crippen LogP contribution is 2.17. The summed E-state index contributed by atoms with van der Waals surface area (Å²) in [5.74, 6) is -0.512. The third-order valence-electron chi connectivity index (χ3n) is 4.20. The summed E-state index contributed by atoms with van der Waals surface area (Å²) in [6.45, 7) is 4.88. The monoisotopic (exact) mass is 413 g/mol. The number of nitrogens with zero attached hydrogens (tertiary/aromatic N) is 2. The Labute approximate surface area is 174 Å². The van der Waals surface area contributed by atoms with E-state index in [-0.39, 0.29) is 28.6 Å². The lowest BCUT2D eigenvalue weighted by atomic mass is 10.1. The minimum Gasteiger partial charge on any atom is -0.337 e. The lowest BCUT2D eigenvalue weighted by Gasteiger charge is -2.25. The third-order valence-corrected chi connectivity index (χ3v) is 5.33. The Morgan fingerprint density at radius 2 is 1.83 bits per heavy atom. The maximum absolute atomic E-state index is 12.9. The van der Waals surface area contributed by atoms with Crippen LogP contribution in [0.5, 0.6) is 0 Å². The van der Waals surface area contributed by atoms with Crippen molar-refractivity contribution in [2.45, 2.75) is 32.1 Å². The van der Waals surface area contributed by atoms with Crippen LogP contribution in [0, 0.1) is 17.1 Å². The molecule has 2 aromatic carbocycles. The van der Waals surface area contributed by atoms with Gasteiger partial charge < -0.3 is 10.2 Å². The van der Waals surface area contributed by atoms with Gasteiger partial charge in [0.2, 0.25) is 11.8 Å². The summed E-state index contributed by atoms with van der Waals surface area (Å²) in [5, 5.41) is 11.2. The third kappa shape index (κ3) is 7.24. The molecule has 5 nitrogen and oxygen atoms in total. The SMILES string of the molecule is CCCN(Cc1ccc(C#N)cc1)C(=O)C(C)SCC(=O)Nc1ccc(F)cc1. The maximum atomic E-state index is 12.9. The quantitative estimate of drug-likeness (QED) is 0.669. The van der Waals surface area contributed by atoms with Crippen molar-refractivity contribution in [2.24, 2.45) is 0 Å². The number of nitriles is 1. The molecule has 0 fully saturated rings. The molecule has 2 rings (SSSR count). The molecule has 0 aliphatic carbocycles. The van der Waals surface area contributed by atoms with Gasteiger partial charge in [0.05, 0.1) is 22.6 Å². The number of benzene rings is 2. The van der Waals surface area contributed by atoms with Gasteiger partial charge in [-0.25, -0.2) is 4.39 Å². The van der Waals surface area contributed by atoms with Crippen molar-refractivity contribution in [1.29, 1.82) is 5.26 Å². The lowest BCUT2D eigenvalue weighted by molar-refractivity contribution is -0.131. The molecule has 0 aliphatic heterocycles. The molecule has 7 heteroatoms. The molecule has 0 saturated heterocycles. The molecular formula is C22H24FN3O2S. The molecule has 1 atom stereocenters. The van der Waals surface area contributed by atoms with Crippen LogP contribution in [0.3, 0.4) is 0 Å². The number of hydrogen-bond acceptors (Lipinski definition) is 4. The van der Waals surface area contributed by atoms with E-state index in [4.69, 9.17) is 5.26 Å². The number of amides is 2. The van der Waals surface area contributed by atoms with Gasteiger partial charge in [-0.3, -0.25) is 9.59 Å². The van der Waals surface area contributed by atoms with Crippen molar-refractivity contribution < 1.29 is 14.0 Å². The van der Waals surface area contributed by atoms with Crippen LogP contribution in [0.15, 0.2) is 48.5 Å². The van der Waals surface area contributed by atoms with Crippen LogP contribution in [0.1, 0.15) is 31.4 Å². The van der Waals surface area contributed by atoms with E-state index in [1.807, 2.05) is 19.1 Å². The molecule has 29 heavy (non-hydrogen) atoms. The zero-order chi connectivity index (χ0) is 21.2. The highest BCUT2D eigenvalue weighted by atomic mass is 32.2. The second-order valence-corrected chi connectivity index (χ2v) is 7.91. The average Bonchev–Trinajstić information content (AvgIpc) is 2.73. The lowest BCUT2D eigenvalue weighted by Crippen LogP contribution is -2.37. The number of rotatable bonds is 9. The summed E-state index contributed by atoms with van der Waals surface area (Å²) in [6.07, 6.45) is 0.824. The molecule has 152 valence electrons. The Morgan fingerprint density at radius 3 is 2.41 bits per heavy atom. The van der Waals surface area contributed by atoms with E-state index in [0.29, 0.717) is 24.3 Å². The number of carbonyl (C=O) groups excluding carboxylic acids is 2. The van der Waals surface area contributed by atoms with E-state index in [1.54, 1.807) is 24.0 Å². The van der Waals surface area contributed by atoms with E-state index < -0.39 is 0 Å². The van der Waals surface area contributed by atoms with Gasteiger partial charge in [-0.2, -0.15) is 5.26 Å². The zero-order valence-electron chi connectivity index (χ0n) is 16.5. The van der Waals surface area contributed by atoms with Crippen LogP contribution < -0.4 is 5.32 Å². The molecule has 2 amide bonds. The Kier molecular flexibility index (Phi) is 8.68. The van der Waals surface area contributed by atoms with E-state index in [9.17, 15) is 14.0 Å². The predicted octanol–water partition coefficient (Wildman–Crippen LogP) is 4.20. The van der Waals surface area contributed by atoms with Crippen molar-refractivity contribution in [3.05, 3.63) is 65.5 Å². The summed E-state index contributed by atoms with van der Waals surface area (Å²) in [4.78, 5) is 26.7. The summed E-state index contributed by atoms with van der Waals surface area (Å²) >= 11 is 1.27. The van der Waals surface area contributed by atoms with Crippen molar-refractivity contribution >= 4 is 29.3 Å². The molecule has 0 spiro atoms. The van der Waals surface area contributed by atoms with E-state index >= 15 is 0 Å². The Morgan fingerprint density at radius 1 is 1.17 bits per heavy atom. The highest BCUT2D eigenvalue weighted by Gasteiger charge is 2.21. The van der Waals surface area contributed by atoms with Crippen LogP contribution in [-0.2, 0) is 16.1 Å². The highest BCUT2D eigenvalue weighted by molar-refractivity contribution is 8.01. The average molecular weight is 414 g/mol. The molecule has 0 bridgehead atoms. The van der Waals surface area contributed by atoms with E-state index in [2.05, 4.69) is 11.4 Å². The molecule has 1 unspecified atom stereocenters. The van der Waals surface area contributed by atoms with Crippen LogP contribution in [0.4, 0.5) is 10.1 Å². The summed E-state index contributed by atoms with van der Waals surface area (Å²) in [7, 11) is 0. The molecule has 0 aliphatic rings. The smallest absolute Gasteiger partial charge is 0.235 e. The molecular weight excluding hydrogens is 389 g/mol. The number of nitrogens with one attached hydrogen (secondary N) is 1. The standard InChI is InChI=1S/C22H24FN3O2S/c1-3-12-26(14-18-6-4-17(13-24)5-7-18)22(28)16(2)29-15-21(27)25-20-10-8-19(23)9-11-20/h4-11,16H,3,12,14-15H2,1-2H3,(H,25,27). The number of carbonyl (C=O) groups is 2. The summed E-state index contributed by atoms with van der Waals surface area (Å²) in [5.41, 5.74) is 2.06. The molecule has 2 aromatic rings. The Balaban J connectivity index is 1.89. The molecule has 0 heterocycles. The fraction of sp³-hybridized carbons (Fsp3) is 0.318. The first-order valence-corrected chi connectivity index (χ1v) is 10.4. The normalized spacial score (nSPS) is 11.4. The van der Waals surface area contributed by atoms with Crippen molar-refractivity contribution in [3.63, 3.8) is 0 Å². The van der Waals surface area contributed by atoms with Crippen LogP contribution in [0.25, 0.3) is 0 Å². The minimum atomic E-state index is -0.376. The van der Waals surface area contributed by atoms with E-state index in [1.165, 1.54) is 36.0 Å². The Bertz CT molecular complexity index is 863. The molecule has 0 radical (unpaired) electrons. The largest absolute Gasteiger partial charge is 0.337 e. The van der Waals surface area contributed by atoms with Gasteiger partial charge in [0.15, 0.2) is 0 Å². The van der Waals surface area contributed by atoms with Crippen molar-refractivity contribution in [1.82, 2.24) is 4.90 Å². The van der Waals surface area contributed by atoms with Gasteiger partial charge in [0, 0.05) is 18.8 Å². The second kappa shape index (κ2) is 11.2. The molecule has 1 N–H and O–H groups in total. The van der Waals surface area contributed by atoms with Gasteiger partial charge in [0.25, 0.3) is 0 Å². The van der Waals surface area contributed by atoms with Gasteiger partial charge in [-0.1, -0.05) is 19.1 Å². The first-order valence-electron chi connectivity index (χ1n) is 9.37. The first-order chi connectivity index (χ1) is 13.9. The topological polar surface area (TPSA) is 73.2 Å². The van der Waals surface area contributed by atoms with Crippen LogP contribution >= 0.6 is 11.8 Å². The summed E-state index contributed by atoms with van der Waals surface area (Å²) in [6, 6.07) is 14.8. The minimum absolute atomic E-state index is 0.0317. The van der Waals surface area contributed by atoms with Gasteiger partial charge in [0.1, 0.15) is 5.82 Å². The predicted molar refractivity (Wildman–Crippen MR) is 114 cm³/mol.